The van der Waals surface area contributed by atoms with Gasteiger partial charge >= 0.3 is 0 Å². The van der Waals surface area contributed by atoms with Crippen molar-refractivity contribution in [2.24, 2.45) is 0 Å². The second kappa shape index (κ2) is 6.06. The smallest absolute Gasteiger partial charge is 0.0776 e. The molecule has 1 heteroatoms. The summed E-state index contributed by atoms with van der Waals surface area (Å²) in [7, 11) is 0. The molecule has 2 rings (SSSR count). The summed E-state index contributed by atoms with van der Waals surface area (Å²) in [5.74, 6) is 0. The molecular weight excluding hydrogens is 194 g/mol. The average Bonchev–Trinajstić information content (AvgIpc) is 2.35. The molecule has 0 unspecified atom stereocenters. The predicted octanol–water partition coefficient (Wildman–Crippen LogP) is 4.60. The Morgan fingerprint density at radius 2 is 1.88 bits per heavy atom. The third kappa shape index (κ3) is 2.48. The number of hydrogen-bond donors (Lipinski definition) is 0. The number of fused-ring (bicyclic) bond motifs is 1. The summed E-state index contributed by atoms with van der Waals surface area (Å²) < 4.78 is 0. The lowest BCUT2D eigenvalue weighted by Crippen LogP contribution is -1.86. The van der Waals surface area contributed by atoms with Crippen LogP contribution in [0.2, 0.25) is 0 Å². The van der Waals surface area contributed by atoms with Crippen LogP contribution in [0.5, 0.6) is 0 Å². The summed E-state index contributed by atoms with van der Waals surface area (Å²) in [6, 6.07) is 8.32. The van der Waals surface area contributed by atoms with E-state index in [0.717, 1.165) is 5.52 Å². The van der Waals surface area contributed by atoms with Crippen molar-refractivity contribution in [3.8, 4) is 0 Å². The van der Waals surface area contributed by atoms with Crippen LogP contribution in [0.4, 0.5) is 0 Å². The quantitative estimate of drug-likeness (QED) is 0.674. The van der Waals surface area contributed by atoms with Crippen molar-refractivity contribution in [3.63, 3.8) is 0 Å². The van der Waals surface area contributed by atoms with Gasteiger partial charge in [-0.3, -0.25) is 4.98 Å². The second-order valence-electron chi connectivity index (χ2n) is 3.37. The summed E-state index contributed by atoms with van der Waals surface area (Å²) >= 11 is 0. The van der Waals surface area contributed by atoms with Crippen LogP contribution in [0.1, 0.15) is 31.9 Å². The number of aryl methyl sites for hydroxylation is 1. The number of pyridine rings is 1. The fourth-order valence-corrected chi connectivity index (χ4v) is 1.65. The third-order valence-corrected chi connectivity index (χ3v) is 2.37. The molecule has 2 aromatic rings. The Hall–Kier alpha value is -1.63. The fraction of sp³-hybridized carbons (Fsp3) is 0.267. The minimum absolute atomic E-state index is 1.09. The van der Waals surface area contributed by atoms with E-state index < -0.39 is 0 Å². The summed E-state index contributed by atoms with van der Waals surface area (Å²) in [6.45, 7) is 8.14. The molecule has 16 heavy (non-hydrogen) atoms. The van der Waals surface area contributed by atoms with Gasteiger partial charge in [0.05, 0.1) is 5.52 Å². The van der Waals surface area contributed by atoms with Crippen molar-refractivity contribution in [1.82, 2.24) is 4.98 Å². The SMILES string of the molecule is C/C=C\c1c(C)ccc2cccnc12.CC. The topological polar surface area (TPSA) is 12.9 Å². The van der Waals surface area contributed by atoms with Gasteiger partial charge in [-0.2, -0.15) is 0 Å². The van der Waals surface area contributed by atoms with Crippen molar-refractivity contribution in [1.29, 1.82) is 0 Å². The first-order valence-electron chi connectivity index (χ1n) is 5.80. The highest BCUT2D eigenvalue weighted by molar-refractivity contribution is 5.88. The van der Waals surface area contributed by atoms with Crippen molar-refractivity contribution in [2.75, 3.05) is 0 Å². The summed E-state index contributed by atoms with van der Waals surface area (Å²) in [5.41, 5.74) is 3.59. The van der Waals surface area contributed by atoms with E-state index in [1.165, 1.54) is 16.5 Å². The molecule has 1 aromatic carbocycles. The number of allylic oxidation sites excluding steroid dienone is 1. The Kier molecular flexibility index (Phi) is 4.71. The molecule has 0 aliphatic heterocycles. The van der Waals surface area contributed by atoms with Gasteiger partial charge in [0, 0.05) is 17.1 Å². The lowest BCUT2D eigenvalue weighted by molar-refractivity contribution is 1.37. The van der Waals surface area contributed by atoms with Gasteiger partial charge in [0.25, 0.3) is 0 Å². The average molecular weight is 213 g/mol. The maximum atomic E-state index is 4.41. The van der Waals surface area contributed by atoms with E-state index in [0.29, 0.717) is 0 Å². The van der Waals surface area contributed by atoms with Gasteiger partial charge in [0.2, 0.25) is 0 Å². The highest BCUT2D eigenvalue weighted by Crippen LogP contribution is 2.20. The molecule has 1 aromatic heterocycles. The molecule has 0 amide bonds. The Labute approximate surface area is 97.8 Å². The lowest BCUT2D eigenvalue weighted by atomic mass is 10.0. The number of aromatic nitrogens is 1. The van der Waals surface area contributed by atoms with Gasteiger partial charge < -0.3 is 0 Å². The molecule has 0 bridgehead atoms. The Bertz CT molecular complexity index is 484. The monoisotopic (exact) mass is 213 g/mol. The first-order chi connectivity index (χ1) is 7.83. The van der Waals surface area contributed by atoms with E-state index in [4.69, 9.17) is 0 Å². The maximum Gasteiger partial charge on any atom is 0.0776 e. The van der Waals surface area contributed by atoms with Crippen LogP contribution in [-0.2, 0) is 0 Å². The number of hydrogen-bond acceptors (Lipinski definition) is 1. The van der Waals surface area contributed by atoms with Crippen LogP contribution >= 0.6 is 0 Å². The number of benzene rings is 1. The molecule has 84 valence electrons. The first kappa shape index (κ1) is 12.4. The summed E-state index contributed by atoms with van der Waals surface area (Å²) in [4.78, 5) is 4.41. The van der Waals surface area contributed by atoms with Crippen LogP contribution in [0, 0.1) is 6.92 Å². The molecule has 0 N–H and O–H groups in total. The first-order valence-corrected chi connectivity index (χ1v) is 5.80. The molecule has 0 spiro atoms. The minimum atomic E-state index is 1.09. The number of rotatable bonds is 1. The highest BCUT2D eigenvalue weighted by Gasteiger charge is 2.01. The van der Waals surface area contributed by atoms with Crippen LogP contribution in [0.3, 0.4) is 0 Å². The molecule has 0 aliphatic rings. The van der Waals surface area contributed by atoms with Crippen LogP contribution in [0.25, 0.3) is 17.0 Å². The molecule has 1 heterocycles. The zero-order valence-corrected chi connectivity index (χ0v) is 10.5. The highest BCUT2D eigenvalue weighted by atomic mass is 14.6. The van der Waals surface area contributed by atoms with Gasteiger partial charge in [-0.15, -0.1) is 0 Å². The van der Waals surface area contributed by atoms with E-state index in [2.05, 4.69) is 42.3 Å². The van der Waals surface area contributed by atoms with E-state index in [-0.39, 0.29) is 0 Å². The standard InChI is InChI=1S/C13H13N.C2H6/c1-3-5-12-10(2)7-8-11-6-4-9-14-13(11)12;1-2/h3-9H,1-2H3;1-2H3/b5-3-;. The molecule has 0 radical (unpaired) electrons. The zero-order chi connectivity index (χ0) is 12.0. The van der Waals surface area contributed by atoms with E-state index in [1.54, 1.807) is 0 Å². The maximum absolute atomic E-state index is 4.41. The van der Waals surface area contributed by atoms with Crippen molar-refractivity contribution in [2.45, 2.75) is 27.7 Å². The van der Waals surface area contributed by atoms with Crippen molar-refractivity contribution >= 4 is 17.0 Å². The molecule has 0 fully saturated rings. The molecular formula is C15H19N. The van der Waals surface area contributed by atoms with E-state index >= 15 is 0 Å². The van der Waals surface area contributed by atoms with Crippen molar-refractivity contribution in [3.05, 3.63) is 47.7 Å². The Morgan fingerprint density at radius 3 is 2.56 bits per heavy atom. The third-order valence-electron chi connectivity index (χ3n) is 2.37. The summed E-state index contributed by atoms with van der Waals surface area (Å²) in [5, 5.41) is 1.20. The van der Waals surface area contributed by atoms with Crippen LogP contribution < -0.4 is 0 Å². The van der Waals surface area contributed by atoms with Crippen LogP contribution in [-0.4, -0.2) is 4.98 Å². The molecule has 0 saturated heterocycles. The van der Waals surface area contributed by atoms with Crippen LogP contribution in [0.15, 0.2) is 36.5 Å². The Morgan fingerprint density at radius 1 is 1.12 bits per heavy atom. The summed E-state index contributed by atoms with van der Waals surface area (Å²) in [6.07, 6.45) is 6.01. The van der Waals surface area contributed by atoms with E-state index in [9.17, 15) is 0 Å². The molecule has 0 atom stereocenters. The normalized spacial score (nSPS) is 10.2. The largest absolute Gasteiger partial charge is 0.256 e. The van der Waals surface area contributed by atoms with Gasteiger partial charge in [-0.25, -0.2) is 0 Å². The molecule has 0 aliphatic carbocycles. The van der Waals surface area contributed by atoms with Crippen molar-refractivity contribution < 1.29 is 0 Å². The van der Waals surface area contributed by atoms with Gasteiger partial charge in [0.15, 0.2) is 0 Å². The molecule has 0 saturated carbocycles. The minimum Gasteiger partial charge on any atom is -0.256 e. The lowest BCUT2D eigenvalue weighted by Gasteiger charge is -2.04. The number of nitrogens with zero attached hydrogens (tertiary/aromatic N) is 1. The van der Waals surface area contributed by atoms with Gasteiger partial charge in [-0.05, 0) is 25.5 Å². The second-order valence-corrected chi connectivity index (χ2v) is 3.37. The Balaban J connectivity index is 0.000000606. The fourth-order valence-electron chi connectivity index (χ4n) is 1.65. The molecule has 1 nitrogen and oxygen atoms in total. The predicted molar refractivity (Wildman–Crippen MR) is 72.5 cm³/mol. The zero-order valence-electron chi connectivity index (χ0n) is 10.5. The van der Waals surface area contributed by atoms with Gasteiger partial charge in [0.1, 0.15) is 0 Å². The van der Waals surface area contributed by atoms with Gasteiger partial charge in [-0.1, -0.05) is 44.2 Å². The van der Waals surface area contributed by atoms with E-state index in [1.807, 2.05) is 33.0 Å².